The van der Waals surface area contributed by atoms with Crippen molar-refractivity contribution in [3.05, 3.63) is 23.0 Å². The van der Waals surface area contributed by atoms with E-state index in [1.807, 2.05) is 13.1 Å². The Morgan fingerprint density at radius 2 is 2.00 bits per heavy atom. The van der Waals surface area contributed by atoms with E-state index in [2.05, 4.69) is 23.7 Å². The summed E-state index contributed by atoms with van der Waals surface area (Å²) in [6, 6.07) is 0. The van der Waals surface area contributed by atoms with Crippen molar-refractivity contribution in [1.82, 2.24) is 9.88 Å². The number of pyridine rings is 1. The standard InChI is InChI=1S/C17H28N2O2/c1-5-21-12-15-6-8-19(9-7-15)11-16-14(3)17(20-4)13(2)10-18-16/h10,15H,5-9,11-12H2,1-4H3. The van der Waals surface area contributed by atoms with Gasteiger partial charge in [0.15, 0.2) is 0 Å². The number of ether oxygens (including phenoxy) is 2. The molecule has 0 amide bonds. The fourth-order valence-electron chi connectivity index (χ4n) is 3.04. The lowest BCUT2D eigenvalue weighted by atomic mass is 9.97. The van der Waals surface area contributed by atoms with Gasteiger partial charge in [-0.2, -0.15) is 0 Å². The van der Waals surface area contributed by atoms with Crippen LogP contribution in [-0.2, 0) is 11.3 Å². The van der Waals surface area contributed by atoms with E-state index in [1.165, 1.54) is 18.4 Å². The van der Waals surface area contributed by atoms with Crippen LogP contribution in [0.25, 0.3) is 0 Å². The van der Waals surface area contributed by atoms with Crippen molar-refractivity contribution in [3.63, 3.8) is 0 Å². The smallest absolute Gasteiger partial charge is 0.128 e. The lowest BCUT2D eigenvalue weighted by Gasteiger charge is -2.32. The molecule has 1 fully saturated rings. The van der Waals surface area contributed by atoms with E-state index in [9.17, 15) is 0 Å². The highest BCUT2D eigenvalue weighted by molar-refractivity contribution is 5.41. The zero-order valence-corrected chi connectivity index (χ0v) is 13.8. The van der Waals surface area contributed by atoms with E-state index in [-0.39, 0.29) is 0 Å². The fourth-order valence-corrected chi connectivity index (χ4v) is 3.04. The van der Waals surface area contributed by atoms with Crippen molar-refractivity contribution in [2.75, 3.05) is 33.4 Å². The van der Waals surface area contributed by atoms with Crippen molar-refractivity contribution in [2.24, 2.45) is 5.92 Å². The van der Waals surface area contributed by atoms with E-state index in [0.29, 0.717) is 0 Å². The highest BCUT2D eigenvalue weighted by atomic mass is 16.5. The summed E-state index contributed by atoms with van der Waals surface area (Å²) >= 11 is 0. The summed E-state index contributed by atoms with van der Waals surface area (Å²) in [5.41, 5.74) is 3.42. The fraction of sp³-hybridized carbons (Fsp3) is 0.706. The number of nitrogens with zero attached hydrogens (tertiary/aromatic N) is 2. The first-order valence-electron chi connectivity index (χ1n) is 7.94. The van der Waals surface area contributed by atoms with E-state index in [4.69, 9.17) is 9.47 Å². The van der Waals surface area contributed by atoms with Gasteiger partial charge < -0.3 is 9.47 Å². The molecule has 4 nitrogen and oxygen atoms in total. The van der Waals surface area contributed by atoms with Crippen LogP contribution in [0.15, 0.2) is 6.20 Å². The maximum absolute atomic E-state index is 5.54. The molecule has 0 aromatic carbocycles. The normalized spacial score (nSPS) is 17.1. The third-order valence-corrected chi connectivity index (χ3v) is 4.39. The summed E-state index contributed by atoms with van der Waals surface area (Å²) in [4.78, 5) is 7.10. The Labute approximate surface area is 128 Å². The Morgan fingerprint density at radius 1 is 1.29 bits per heavy atom. The number of aryl methyl sites for hydroxylation is 1. The Bertz CT molecular complexity index is 454. The average molecular weight is 292 g/mol. The van der Waals surface area contributed by atoms with Crippen LogP contribution in [0, 0.1) is 19.8 Å². The SMILES string of the molecule is CCOCC1CCN(Cc2ncc(C)c(OC)c2C)CC1. The second kappa shape index (κ2) is 7.76. The van der Waals surface area contributed by atoms with Crippen LogP contribution >= 0.6 is 0 Å². The van der Waals surface area contributed by atoms with Gasteiger partial charge in [0.2, 0.25) is 0 Å². The van der Waals surface area contributed by atoms with Gasteiger partial charge in [0, 0.05) is 37.1 Å². The van der Waals surface area contributed by atoms with Crippen LogP contribution < -0.4 is 4.74 Å². The van der Waals surface area contributed by atoms with Crippen molar-refractivity contribution in [1.29, 1.82) is 0 Å². The minimum Gasteiger partial charge on any atom is -0.496 e. The summed E-state index contributed by atoms with van der Waals surface area (Å²) < 4.78 is 11.0. The van der Waals surface area contributed by atoms with Gasteiger partial charge in [0.05, 0.1) is 12.8 Å². The van der Waals surface area contributed by atoms with Crippen molar-refractivity contribution >= 4 is 0 Å². The van der Waals surface area contributed by atoms with Crippen LogP contribution in [0.3, 0.4) is 0 Å². The van der Waals surface area contributed by atoms with Crippen molar-refractivity contribution < 1.29 is 9.47 Å². The lowest BCUT2D eigenvalue weighted by Crippen LogP contribution is -2.35. The summed E-state index contributed by atoms with van der Waals surface area (Å²) in [5, 5.41) is 0. The molecule has 0 spiro atoms. The third-order valence-electron chi connectivity index (χ3n) is 4.39. The van der Waals surface area contributed by atoms with E-state index in [1.54, 1.807) is 7.11 Å². The van der Waals surface area contributed by atoms with Crippen LogP contribution in [0.5, 0.6) is 5.75 Å². The van der Waals surface area contributed by atoms with Gasteiger partial charge in [0.1, 0.15) is 5.75 Å². The van der Waals surface area contributed by atoms with E-state index < -0.39 is 0 Å². The molecule has 2 heterocycles. The molecule has 0 radical (unpaired) electrons. The Hall–Kier alpha value is -1.13. The lowest BCUT2D eigenvalue weighted by molar-refractivity contribution is 0.0719. The third kappa shape index (κ3) is 4.17. The number of methoxy groups -OCH3 is 1. The molecule has 1 aromatic heterocycles. The van der Waals surface area contributed by atoms with E-state index in [0.717, 1.165) is 55.8 Å². The molecule has 0 aliphatic carbocycles. The van der Waals surface area contributed by atoms with Gasteiger partial charge in [-0.3, -0.25) is 9.88 Å². The summed E-state index contributed by atoms with van der Waals surface area (Å²) in [6.07, 6.45) is 4.37. The molecule has 1 aliphatic heterocycles. The Balaban J connectivity index is 1.92. The summed E-state index contributed by atoms with van der Waals surface area (Å²) in [7, 11) is 1.73. The zero-order valence-electron chi connectivity index (χ0n) is 13.8. The Kier molecular flexibility index (Phi) is 6.00. The molecular formula is C17H28N2O2. The monoisotopic (exact) mass is 292 g/mol. The van der Waals surface area contributed by atoms with Crippen LogP contribution in [0.2, 0.25) is 0 Å². The first kappa shape index (κ1) is 16.2. The van der Waals surface area contributed by atoms with Crippen molar-refractivity contribution in [2.45, 2.75) is 40.2 Å². The molecule has 0 atom stereocenters. The number of rotatable bonds is 6. The minimum atomic E-state index is 0.725. The van der Waals surface area contributed by atoms with Gasteiger partial charge in [-0.15, -0.1) is 0 Å². The number of aromatic nitrogens is 1. The van der Waals surface area contributed by atoms with Gasteiger partial charge in [-0.1, -0.05) is 0 Å². The highest BCUT2D eigenvalue weighted by Crippen LogP contribution is 2.26. The number of likely N-dealkylation sites (tertiary alicyclic amines) is 1. The second-order valence-electron chi connectivity index (χ2n) is 5.93. The van der Waals surface area contributed by atoms with Crippen LogP contribution in [-0.4, -0.2) is 43.3 Å². The van der Waals surface area contributed by atoms with Gasteiger partial charge in [0.25, 0.3) is 0 Å². The summed E-state index contributed by atoms with van der Waals surface area (Å²) in [5.74, 6) is 1.70. The highest BCUT2D eigenvalue weighted by Gasteiger charge is 2.20. The molecule has 0 unspecified atom stereocenters. The van der Waals surface area contributed by atoms with Gasteiger partial charge >= 0.3 is 0 Å². The van der Waals surface area contributed by atoms with Gasteiger partial charge in [-0.05, 0) is 52.6 Å². The minimum absolute atomic E-state index is 0.725. The molecule has 0 N–H and O–H groups in total. The number of piperidine rings is 1. The largest absolute Gasteiger partial charge is 0.496 e. The number of hydrogen-bond donors (Lipinski definition) is 0. The maximum Gasteiger partial charge on any atom is 0.128 e. The van der Waals surface area contributed by atoms with Crippen LogP contribution in [0.1, 0.15) is 36.6 Å². The molecule has 1 saturated heterocycles. The van der Waals surface area contributed by atoms with Crippen LogP contribution in [0.4, 0.5) is 0 Å². The zero-order chi connectivity index (χ0) is 15.2. The average Bonchev–Trinajstić information content (AvgIpc) is 2.50. The molecule has 4 heteroatoms. The molecule has 118 valence electrons. The topological polar surface area (TPSA) is 34.6 Å². The molecule has 1 aromatic rings. The molecule has 0 saturated carbocycles. The molecule has 2 rings (SSSR count). The molecule has 1 aliphatic rings. The quantitative estimate of drug-likeness (QED) is 0.807. The first-order valence-corrected chi connectivity index (χ1v) is 7.94. The predicted octanol–water partition coefficient (Wildman–Crippen LogP) is 2.96. The molecular weight excluding hydrogens is 264 g/mol. The first-order chi connectivity index (χ1) is 10.2. The van der Waals surface area contributed by atoms with E-state index >= 15 is 0 Å². The number of hydrogen-bond acceptors (Lipinski definition) is 4. The van der Waals surface area contributed by atoms with Gasteiger partial charge in [-0.25, -0.2) is 0 Å². The van der Waals surface area contributed by atoms with Crippen molar-refractivity contribution in [3.8, 4) is 5.75 Å². The predicted molar refractivity (Wildman–Crippen MR) is 84.8 cm³/mol. The molecule has 0 bridgehead atoms. The second-order valence-corrected chi connectivity index (χ2v) is 5.93. The molecule has 21 heavy (non-hydrogen) atoms. The maximum atomic E-state index is 5.54. The summed E-state index contributed by atoms with van der Waals surface area (Å²) in [6.45, 7) is 11.1. The Morgan fingerprint density at radius 3 is 2.62 bits per heavy atom.